The molecule has 1 aliphatic heterocycles. The molecular weight excluding hydrogens is 429 g/mol. The van der Waals surface area contributed by atoms with Gasteiger partial charge in [-0.3, -0.25) is 0 Å². The van der Waals surface area contributed by atoms with Crippen molar-refractivity contribution in [1.29, 1.82) is 0 Å². The minimum Gasteiger partial charge on any atom is -0.716 e. The second-order valence-electron chi connectivity index (χ2n) is 5.77. The Balaban J connectivity index is 0.00000256. The van der Waals surface area contributed by atoms with Crippen LogP contribution in [-0.2, 0) is 10.4 Å². The van der Waals surface area contributed by atoms with Crippen molar-refractivity contribution in [3.05, 3.63) is 36.5 Å². The van der Waals surface area contributed by atoms with Crippen molar-refractivity contribution in [2.45, 2.75) is 0 Å². The van der Waals surface area contributed by atoms with Gasteiger partial charge in [-0.05, 0) is 18.2 Å². The van der Waals surface area contributed by atoms with Crippen LogP contribution < -0.4 is 52.7 Å². The quantitative estimate of drug-likeness (QED) is 0.252. The van der Waals surface area contributed by atoms with Gasteiger partial charge in [-0.15, -0.1) is 5.10 Å². The van der Waals surface area contributed by atoms with E-state index in [9.17, 15) is 13.0 Å². The van der Waals surface area contributed by atoms with E-state index in [4.69, 9.17) is 18.9 Å². The van der Waals surface area contributed by atoms with E-state index in [0.717, 1.165) is 0 Å². The first-order chi connectivity index (χ1) is 13.9. The maximum atomic E-state index is 11.0. The summed E-state index contributed by atoms with van der Waals surface area (Å²) >= 11 is 0. The molecule has 0 bridgehead atoms. The summed E-state index contributed by atoms with van der Waals surface area (Å²) in [4.78, 5) is 0. The molecule has 1 aliphatic rings. The summed E-state index contributed by atoms with van der Waals surface area (Å²) < 4.78 is 60.3. The number of aromatic nitrogens is 3. The fourth-order valence-electron chi connectivity index (χ4n) is 2.87. The molecule has 3 aromatic rings. The predicted molar refractivity (Wildman–Crippen MR) is 96.3 cm³/mol. The first kappa shape index (κ1) is 22.2. The molecule has 30 heavy (non-hydrogen) atoms. The monoisotopic (exact) mass is 443 g/mol. The summed E-state index contributed by atoms with van der Waals surface area (Å²) in [6, 6.07) is 7.84. The van der Waals surface area contributed by atoms with Gasteiger partial charge in [0.1, 0.15) is 0 Å². The van der Waals surface area contributed by atoms with E-state index < -0.39 is 10.4 Å². The zero-order valence-corrected chi connectivity index (χ0v) is 19.0. The number of hydrogen-bond acceptors (Lipinski definition) is 10. The number of ether oxygens (including phenoxy) is 4. The molecule has 0 N–H and O–H groups in total. The Morgan fingerprint density at radius 2 is 1.83 bits per heavy atom. The Labute approximate surface area is 193 Å². The van der Waals surface area contributed by atoms with Gasteiger partial charge < -0.3 is 27.7 Å². The van der Waals surface area contributed by atoms with Gasteiger partial charge in [0.05, 0.1) is 31.8 Å². The largest absolute Gasteiger partial charge is 1.00 e. The van der Waals surface area contributed by atoms with Crippen LogP contribution in [0.2, 0.25) is 0 Å². The average Bonchev–Trinajstić information content (AvgIpc) is 3.35. The zero-order valence-electron chi connectivity index (χ0n) is 16.2. The van der Waals surface area contributed by atoms with Crippen LogP contribution in [0.3, 0.4) is 0 Å². The van der Waals surface area contributed by atoms with Crippen molar-refractivity contribution in [1.82, 2.24) is 15.0 Å². The summed E-state index contributed by atoms with van der Waals surface area (Å²) in [6.07, 6.45) is 1.47. The number of hydrogen-bond donors (Lipinski definition) is 0. The fraction of sp³-hybridized carbons (Fsp3) is 0.176. The molecule has 13 heteroatoms. The van der Waals surface area contributed by atoms with Crippen LogP contribution in [0.1, 0.15) is 0 Å². The molecule has 2 heterocycles. The van der Waals surface area contributed by atoms with Gasteiger partial charge in [-0.1, -0.05) is 5.21 Å². The van der Waals surface area contributed by atoms with Gasteiger partial charge in [0.2, 0.25) is 12.5 Å². The summed E-state index contributed by atoms with van der Waals surface area (Å²) in [6.45, 7) is 0.0716. The maximum absolute atomic E-state index is 11.0. The molecule has 0 unspecified atom stereocenters. The van der Waals surface area contributed by atoms with E-state index in [0.29, 0.717) is 34.2 Å². The summed E-state index contributed by atoms with van der Waals surface area (Å²) in [5.41, 5.74) is 1.53. The minimum absolute atomic E-state index is 0. The van der Waals surface area contributed by atoms with Crippen LogP contribution in [-0.4, -0.2) is 49.0 Å². The third-order valence-electron chi connectivity index (χ3n) is 4.09. The Bertz CT molecular complexity index is 1180. The van der Waals surface area contributed by atoms with E-state index in [2.05, 4.69) is 14.5 Å². The van der Waals surface area contributed by atoms with Gasteiger partial charge in [0.25, 0.3) is 10.4 Å². The summed E-state index contributed by atoms with van der Waals surface area (Å²) in [5.74, 6) is 1.25. The van der Waals surface area contributed by atoms with Crippen LogP contribution in [0.25, 0.3) is 16.9 Å². The molecule has 152 valence electrons. The first-order valence-electron chi connectivity index (χ1n) is 8.12. The Morgan fingerprint density at radius 1 is 1.07 bits per heavy atom. The SMILES string of the molecule is COc1ccc(-c2cnnn2-c2cc(OC)c3c(c2)OCO3)cc1OS(=O)(=O)[O-].[Na+]. The minimum atomic E-state index is -4.99. The topological polar surface area (TPSA) is 134 Å². The van der Waals surface area contributed by atoms with Gasteiger partial charge >= 0.3 is 29.6 Å². The number of benzene rings is 2. The van der Waals surface area contributed by atoms with Crippen LogP contribution >= 0.6 is 0 Å². The van der Waals surface area contributed by atoms with Gasteiger partial charge in [-0.25, -0.2) is 13.1 Å². The molecule has 0 radical (unpaired) electrons. The third-order valence-corrected chi connectivity index (χ3v) is 4.47. The van der Waals surface area contributed by atoms with Crippen molar-refractivity contribution >= 4 is 10.4 Å². The number of methoxy groups -OCH3 is 2. The molecule has 0 aliphatic carbocycles. The molecule has 0 saturated heterocycles. The molecular formula is C17H14N3NaO8S. The fourth-order valence-corrected chi connectivity index (χ4v) is 3.22. The molecule has 4 rings (SSSR count). The van der Waals surface area contributed by atoms with Crippen LogP contribution in [0.5, 0.6) is 28.7 Å². The second-order valence-corrected chi connectivity index (χ2v) is 6.75. The van der Waals surface area contributed by atoms with Crippen molar-refractivity contribution in [2.75, 3.05) is 21.0 Å². The van der Waals surface area contributed by atoms with Crippen molar-refractivity contribution in [3.63, 3.8) is 0 Å². The molecule has 2 aromatic carbocycles. The van der Waals surface area contributed by atoms with Gasteiger partial charge in [-0.2, -0.15) is 0 Å². The molecule has 0 amide bonds. The zero-order chi connectivity index (χ0) is 20.6. The average molecular weight is 443 g/mol. The van der Waals surface area contributed by atoms with Crippen molar-refractivity contribution in [3.8, 4) is 45.7 Å². The molecule has 11 nitrogen and oxygen atoms in total. The van der Waals surface area contributed by atoms with Crippen molar-refractivity contribution in [2.24, 2.45) is 0 Å². The van der Waals surface area contributed by atoms with Crippen LogP contribution in [0.15, 0.2) is 36.5 Å². The second kappa shape index (κ2) is 8.70. The molecule has 1 aromatic heterocycles. The number of nitrogens with zero attached hydrogens (tertiary/aromatic N) is 3. The summed E-state index contributed by atoms with van der Waals surface area (Å²) in [7, 11) is -2.17. The molecule has 0 atom stereocenters. The van der Waals surface area contributed by atoms with Crippen LogP contribution in [0.4, 0.5) is 0 Å². The normalized spacial score (nSPS) is 12.2. The Hall–Kier alpha value is -2.51. The third kappa shape index (κ3) is 4.32. The smallest absolute Gasteiger partial charge is 0.716 e. The van der Waals surface area contributed by atoms with E-state index >= 15 is 0 Å². The Morgan fingerprint density at radius 3 is 2.53 bits per heavy atom. The molecule has 0 fully saturated rings. The number of rotatable bonds is 6. The molecule has 0 saturated carbocycles. The van der Waals surface area contributed by atoms with Gasteiger partial charge in [0.15, 0.2) is 23.0 Å². The van der Waals surface area contributed by atoms with E-state index in [1.807, 2.05) is 0 Å². The van der Waals surface area contributed by atoms with E-state index in [1.165, 1.54) is 37.2 Å². The predicted octanol–water partition coefficient (Wildman–Crippen LogP) is -1.48. The summed E-state index contributed by atoms with van der Waals surface area (Å²) in [5, 5.41) is 7.99. The maximum Gasteiger partial charge on any atom is 1.00 e. The van der Waals surface area contributed by atoms with Crippen molar-refractivity contribution < 1.29 is 65.7 Å². The van der Waals surface area contributed by atoms with Crippen LogP contribution in [0, 0.1) is 0 Å². The molecule has 0 spiro atoms. The van der Waals surface area contributed by atoms with E-state index in [-0.39, 0.29) is 47.8 Å². The van der Waals surface area contributed by atoms with Gasteiger partial charge in [0, 0.05) is 17.7 Å². The van der Waals surface area contributed by atoms with E-state index in [1.54, 1.807) is 18.2 Å². The standard InChI is InChI=1S/C17H15N3O8S.Na/c1-24-13-4-3-10(5-14(13)28-29(21,22)23)12-8-18-19-20(12)11-6-15(25-2)17-16(7-11)26-9-27-17;/h3-8H,9H2,1-2H3,(H,21,22,23);/q;+1/p-1. The Kier molecular flexibility index (Phi) is 6.43. The first-order valence-corrected chi connectivity index (χ1v) is 9.45. The number of fused-ring (bicyclic) bond motifs is 1.